The van der Waals surface area contributed by atoms with E-state index in [1.807, 2.05) is 0 Å². The van der Waals surface area contributed by atoms with Crippen molar-refractivity contribution in [1.29, 1.82) is 0 Å². The molecule has 0 bridgehead atoms. The normalized spacial score (nSPS) is 12.5. The average molecular weight is 300 g/mol. The van der Waals surface area contributed by atoms with Crippen LogP contribution in [0.3, 0.4) is 0 Å². The monoisotopic (exact) mass is 299 g/mol. The second-order valence-electron chi connectivity index (χ2n) is 1.61. The van der Waals surface area contributed by atoms with Crippen molar-refractivity contribution in [2.24, 2.45) is 0 Å². The fraction of sp³-hybridized carbons (Fsp3) is 0.500. The van der Waals surface area contributed by atoms with Crippen LogP contribution in [0.2, 0.25) is 0 Å². The van der Waals surface area contributed by atoms with Crippen molar-refractivity contribution in [3.05, 3.63) is 20.2 Å². The van der Waals surface area contributed by atoms with Crippen LogP contribution in [-0.4, -0.2) is 29.2 Å². The number of hydrogen-bond donors (Lipinski definition) is 0. The standard InChI is InChI=1S/C2H3BrN3O5S.K/c1-12(10,11)4-5(7)2(3)6(8)9;/h1H3;/q-1;+1/b5-2-;. The molecule has 0 unspecified atom stereocenters. The molecule has 0 aromatic heterocycles. The van der Waals surface area contributed by atoms with Crippen LogP contribution in [-0.2, 0) is 10.0 Å². The summed E-state index contributed by atoms with van der Waals surface area (Å²) >= 11 is 2.23. The topological polar surface area (TPSA) is 117 Å². The summed E-state index contributed by atoms with van der Waals surface area (Å²) in [6.07, 6.45) is 0.637. The number of hydrogen-bond acceptors (Lipinski definition) is 5. The van der Waals surface area contributed by atoms with Gasteiger partial charge in [-0.2, -0.15) is 4.85 Å². The van der Waals surface area contributed by atoms with E-state index in [0.717, 1.165) is 0 Å². The van der Waals surface area contributed by atoms with Gasteiger partial charge in [-0.1, -0.05) is 0 Å². The molecule has 0 aromatic rings. The molecule has 0 aliphatic rings. The number of rotatable bonds is 2. The Hall–Kier alpha value is 0.736. The van der Waals surface area contributed by atoms with Crippen LogP contribution < -0.4 is 51.4 Å². The van der Waals surface area contributed by atoms with Gasteiger partial charge in [0.1, 0.15) is 30.9 Å². The quantitative estimate of drug-likeness (QED) is 0.0777. The minimum atomic E-state index is -3.92. The molecule has 0 aliphatic carbocycles. The van der Waals surface area contributed by atoms with Crippen molar-refractivity contribution in [3.8, 4) is 0 Å². The van der Waals surface area contributed by atoms with Gasteiger partial charge in [0.05, 0.1) is 0 Å². The zero-order valence-electron chi connectivity index (χ0n) is 6.67. The van der Waals surface area contributed by atoms with Crippen LogP contribution in [0.4, 0.5) is 0 Å². The zero-order valence-corrected chi connectivity index (χ0v) is 12.2. The van der Waals surface area contributed by atoms with Gasteiger partial charge in [-0.25, -0.2) is 8.42 Å². The molecular formula is C2H3BrKN3O5S. The fourth-order valence-electron chi connectivity index (χ4n) is 0.238. The summed E-state index contributed by atoms with van der Waals surface area (Å²) in [7, 11) is -3.92. The fourth-order valence-corrected chi connectivity index (χ4v) is 0.769. The van der Waals surface area contributed by atoms with Crippen molar-refractivity contribution in [1.82, 2.24) is 0 Å². The molecule has 0 saturated carbocycles. The first-order valence-electron chi connectivity index (χ1n) is 2.31. The molecule has 13 heavy (non-hydrogen) atoms. The molecule has 70 valence electrons. The van der Waals surface area contributed by atoms with Crippen LogP contribution in [0.25, 0.3) is 4.83 Å². The predicted octanol–water partition coefficient (Wildman–Crippen LogP) is -3.22. The molecule has 0 atom stereocenters. The first-order chi connectivity index (χ1) is 5.24. The van der Waals surface area contributed by atoms with Gasteiger partial charge >= 0.3 is 56.1 Å². The molecule has 11 heteroatoms. The summed E-state index contributed by atoms with van der Waals surface area (Å²) in [6.45, 7) is 0. The van der Waals surface area contributed by atoms with Gasteiger partial charge in [-0.05, 0) is 0 Å². The first kappa shape index (κ1) is 16.2. The predicted molar refractivity (Wildman–Crippen MR) is 42.8 cm³/mol. The Morgan fingerprint density at radius 2 is 1.85 bits per heavy atom. The van der Waals surface area contributed by atoms with Crippen LogP contribution in [0, 0.1) is 15.3 Å². The Balaban J connectivity index is 0. The molecule has 0 fully saturated rings. The second-order valence-corrected chi connectivity index (χ2v) is 3.95. The van der Waals surface area contributed by atoms with Crippen molar-refractivity contribution >= 4 is 30.7 Å². The second kappa shape index (κ2) is 6.26. The summed E-state index contributed by atoms with van der Waals surface area (Å²) in [4.78, 5) is 10.6. The van der Waals surface area contributed by atoms with E-state index < -0.39 is 24.5 Å². The van der Waals surface area contributed by atoms with Crippen LogP contribution in [0.5, 0.6) is 0 Å². The van der Waals surface area contributed by atoms with Crippen LogP contribution in [0.15, 0.2) is 0 Å². The molecule has 0 aliphatic heterocycles. The van der Waals surface area contributed by atoms with E-state index >= 15 is 0 Å². The maximum Gasteiger partial charge on any atom is 1.00 e. The largest absolute Gasteiger partial charge is 1.00 e. The Morgan fingerprint density at radius 1 is 1.46 bits per heavy atom. The number of amidine groups is 1. The van der Waals surface area contributed by atoms with E-state index in [-0.39, 0.29) is 51.4 Å². The molecule has 8 nitrogen and oxygen atoms in total. The van der Waals surface area contributed by atoms with Gasteiger partial charge in [-0.3, -0.25) is 10.1 Å². The van der Waals surface area contributed by atoms with E-state index in [2.05, 4.69) is 20.8 Å². The van der Waals surface area contributed by atoms with Gasteiger partial charge in [0.25, 0.3) is 0 Å². The van der Waals surface area contributed by atoms with Crippen molar-refractivity contribution in [2.45, 2.75) is 0 Å². The van der Waals surface area contributed by atoms with E-state index in [1.54, 1.807) is 0 Å². The van der Waals surface area contributed by atoms with Crippen molar-refractivity contribution in [2.75, 3.05) is 6.26 Å². The van der Waals surface area contributed by atoms with Crippen molar-refractivity contribution in [3.63, 3.8) is 0 Å². The summed E-state index contributed by atoms with van der Waals surface area (Å²) in [5.41, 5.74) is 0. The Kier molecular flexibility index (Phi) is 7.79. The molecule has 0 saturated heterocycles. The summed E-state index contributed by atoms with van der Waals surface area (Å²) < 4.78 is 19.5. The molecule has 0 radical (unpaired) electrons. The Labute approximate surface area is 125 Å². The molecule has 0 spiro atoms. The first-order valence-corrected chi connectivity index (χ1v) is 4.95. The molecule has 0 aromatic carbocycles. The van der Waals surface area contributed by atoms with Gasteiger partial charge < -0.3 is 10.0 Å². The minimum Gasteiger partial charge on any atom is -0.622 e. The number of nitro groups is 1. The third-order valence-corrected chi connectivity index (χ3v) is 1.57. The molecule has 0 amide bonds. The summed E-state index contributed by atoms with van der Waals surface area (Å²) in [5, 5.41) is 20.3. The van der Waals surface area contributed by atoms with E-state index in [9.17, 15) is 23.7 Å². The summed E-state index contributed by atoms with van der Waals surface area (Å²) in [5.74, 6) is 0. The number of sulfonamides is 1. The maximum absolute atomic E-state index is 10.4. The number of halogens is 1. The van der Waals surface area contributed by atoms with E-state index in [4.69, 9.17) is 0 Å². The van der Waals surface area contributed by atoms with E-state index in [1.165, 1.54) is 0 Å². The van der Waals surface area contributed by atoms with Gasteiger partial charge in [-0.15, -0.1) is 0 Å². The smallest absolute Gasteiger partial charge is 0.622 e. The van der Waals surface area contributed by atoms with Gasteiger partial charge in [0.15, 0.2) is 0 Å². The molecular weight excluding hydrogens is 297 g/mol. The SMILES string of the molecule is CS(=O)(=O)[N-]/[N+]([O-])=C(\Br)[N+](=O)[O-].[K+]. The van der Waals surface area contributed by atoms with Gasteiger partial charge in [0, 0.05) is 6.26 Å². The Morgan fingerprint density at radius 3 is 2.08 bits per heavy atom. The van der Waals surface area contributed by atoms with Crippen LogP contribution >= 0.6 is 15.9 Å². The third kappa shape index (κ3) is 7.78. The molecule has 0 N–H and O–H groups in total. The summed E-state index contributed by atoms with van der Waals surface area (Å²) in [6, 6.07) is 0. The maximum atomic E-state index is 10.4. The Bertz CT molecular complexity index is 325. The van der Waals surface area contributed by atoms with Gasteiger partial charge in [0.2, 0.25) is 0 Å². The van der Waals surface area contributed by atoms with E-state index in [0.29, 0.717) is 6.26 Å². The van der Waals surface area contributed by atoms with Crippen LogP contribution in [0.1, 0.15) is 0 Å². The van der Waals surface area contributed by atoms with Crippen molar-refractivity contribution < 1.29 is 69.6 Å². The number of nitrogens with zero attached hydrogens (tertiary/aromatic N) is 3. The molecule has 0 rings (SSSR count). The average Bonchev–Trinajstić information content (AvgIpc) is 1.82. The molecule has 0 heterocycles. The minimum absolute atomic E-state index is 0. The third-order valence-electron chi connectivity index (χ3n) is 0.531. The zero-order chi connectivity index (χ0) is 9.94.